The molecule has 9 nitrogen and oxygen atoms in total. The van der Waals surface area contributed by atoms with Crippen LogP contribution in [0.15, 0.2) is 35.4 Å². The van der Waals surface area contributed by atoms with Gasteiger partial charge in [-0.2, -0.15) is 4.31 Å². The number of benzene rings is 1. The number of sulfonamides is 1. The summed E-state index contributed by atoms with van der Waals surface area (Å²) in [6, 6.07) is 5.87. The van der Waals surface area contributed by atoms with Gasteiger partial charge in [-0.15, -0.1) is 0 Å². The first kappa shape index (κ1) is 17.1. The molecule has 2 aromatic rings. The van der Waals surface area contributed by atoms with Crippen LogP contribution in [0.25, 0.3) is 0 Å². The second-order valence-corrected chi connectivity index (χ2v) is 7.37. The van der Waals surface area contributed by atoms with Crippen molar-refractivity contribution in [1.82, 2.24) is 14.3 Å². The normalized spacial score (nSPS) is 14.6. The maximum Gasteiger partial charge on any atom is 0.411 e. The minimum atomic E-state index is -3.68. The number of fused-ring (bicyclic) bond motifs is 1. The van der Waals surface area contributed by atoms with Crippen LogP contribution in [0.2, 0.25) is 0 Å². The summed E-state index contributed by atoms with van der Waals surface area (Å²) >= 11 is 0. The molecule has 1 amide bonds. The molecule has 0 radical (unpaired) electrons. The smallest absolute Gasteiger partial charge is 0.411 e. The third-order valence-corrected chi connectivity index (χ3v) is 5.71. The number of nitrogens with zero attached hydrogens (tertiary/aromatic N) is 3. The van der Waals surface area contributed by atoms with Gasteiger partial charge in [-0.25, -0.2) is 23.2 Å². The molecule has 3 N–H and O–H groups in total. The Morgan fingerprint density at radius 3 is 2.72 bits per heavy atom. The molecule has 0 saturated heterocycles. The molecule has 0 bridgehead atoms. The van der Waals surface area contributed by atoms with Crippen LogP contribution in [0, 0.1) is 0 Å². The fraction of sp³-hybridized carbons (Fsp3) is 0.267. The number of hydrogen-bond acceptors (Lipinski definition) is 7. The summed E-state index contributed by atoms with van der Waals surface area (Å²) in [7, 11) is -2.43. The Morgan fingerprint density at radius 2 is 2.04 bits per heavy atom. The molecule has 0 unspecified atom stereocenters. The number of rotatable bonds is 3. The average molecular weight is 363 g/mol. The van der Waals surface area contributed by atoms with Crippen LogP contribution in [-0.4, -0.2) is 42.4 Å². The zero-order chi connectivity index (χ0) is 18.0. The van der Waals surface area contributed by atoms with Crippen LogP contribution in [0.1, 0.15) is 11.3 Å². The molecule has 25 heavy (non-hydrogen) atoms. The third kappa shape index (κ3) is 3.54. The molecule has 0 fully saturated rings. The molecule has 132 valence electrons. The summed E-state index contributed by atoms with van der Waals surface area (Å²) in [5, 5.41) is 2.47. The second-order valence-electron chi connectivity index (χ2n) is 5.43. The summed E-state index contributed by atoms with van der Waals surface area (Å²) in [6.45, 7) is 0.483. The fourth-order valence-corrected chi connectivity index (χ4v) is 3.93. The topological polar surface area (TPSA) is 128 Å². The van der Waals surface area contributed by atoms with Crippen LogP contribution < -0.4 is 11.1 Å². The van der Waals surface area contributed by atoms with Gasteiger partial charge in [0.05, 0.1) is 24.2 Å². The molecule has 0 atom stereocenters. The summed E-state index contributed by atoms with van der Waals surface area (Å²) in [5.41, 5.74) is 7.54. The van der Waals surface area contributed by atoms with Gasteiger partial charge in [-0.1, -0.05) is 0 Å². The lowest BCUT2D eigenvalue weighted by Gasteiger charge is -2.27. The lowest BCUT2D eigenvalue weighted by Crippen LogP contribution is -2.36. The molecule has 1 aliphatic rings. The minimum absolute atomic E-state index is 0.122. The Bertz CT molecular complexity index is 899. The molecule has 0 aliphatic carbocycles. The van der Waals surface area contributed by atoms with Crippen LogP contribution >= 0.6 is 0 Å². The van der Waals surface area contributed by atoms with Gasteiger partial charge in [0.1, 0.15) is 0 Å². The predicted molar refractivity (Wildman–Crippen MR) is 90.2 cm³/mol. The molecule has 1 aromatic carbocycles. The van der Waals surface area contributed by atoms with Crippen molar-refractivity contribution in [1.29, 1.82) is 0 Å². The summed E-state index contributed by atoms with van der Waals surface area (Å²) in [4.78, 5) is 19.4. The number of amides is 1. The van der Waals surface area contributed by atoms with Gasteiger partial charge >= 0.3 is 6.09 Å². The van der Waals surface area contributed by atoms with E-state index in [-0.39, 0.29) is 17.4 Å². The molecule has 1 aliphatic heterocycles. The van der Waals surface area contributed by atoms with E-state index in [0.717, 1.165) is 5.56 Å². The number of hydrogen-bond donors (Lipinski definition) is 2. The number of nitrogen functional groups attached to an aromatic ring is 1. The minimum Gasteiger partial charge on any atom is -0.453 e. The molecule has 0 spiro atoms. The van der Waals surface area contributed by atoms with E-state index < -0.39 is 16.1 Å². The number of methoxy groups -OCH3 is 1. The van der Waals surface area contributed by atoms with Crippen LogP contribution in [0.5, 0.6) is 0 Å². The van der Waals surface area contributed by atoms with E-state index in [1.165, 1.54) is 35.7 Å². The molecule has 0 saturated carbocycles. The number of anilines is 2. The van der Waals surface area contributed by atoms with E-state index >= 15 is 0 Å². The van der Waals surface area contributed by atoms with Gasteiger partial charge < -0.3 is 10.5 Å². The first-order valence-corrected chi connectivity index (χ1v) is 8.89. The van der Waals surface area contributed by atoms with Gasteiger partial charge in [0.15, 0.2) is 0 Å². The number of nitrogens with one attached hydrogen (secondary N) is 1. The van der Waals surface area contributed by atoms with E-state index in [9.17, 15) is 13.2 Å². The Balaban J connectivity index is 1.81. The quantitative estimate of drug-likeness (QED) is 0.832. The molecular formula is C15H17N5O4S. The number of aromatic nitrogens is 2. The van der Waals surface area contributed by atoms with Crippen molar-refractivity contribution in [2.45, 2.75) is 17.9 Å². The second kappa shape index (κ2) is 6.65. The van der Waals surface area contributed by atoms with Crippen LogP contribution in [0.4, 0.5) is 16.4 Å². The van der Waals surface area contributed by atoms with E-state index in [2.05, 4.69) is 20.0 Å². The molecule has 10 heteroatoms. The average Bonchev–Trinajstić information content (AvgIpc) is 2.61. The molecular weight excluding hydrogens is 346 g/mol. The van der Waals surface area contributed by atoms with Crippen molar-refractivity contribution in [3.63, 3.8) is 0 Å². The molecule has 1 aromatic heterocycles. The Hall–Kier alpha value is -2.72. The Morgan fingerprint density at radius 1 is 1.32 bits per heavy atom. The van der Waals surface area contributed by atoms with E-state index in [0.29, 0.717) is 24.3 Å². The number of carbonyl (C=O) groups is 1. The largest absolute Gasteiger partial charge is 0.453 e. The maximum absolute atomic E-state index is 12.8. The van der Waals surface area contributed by atoms with Crippen molar-refractivity contribution in [2.75, 3.05) is 24.7 Å². The predicted octanol–water partition coefficient (Wildman–Crippen LogP) is 0.984. The SMILES string of the molecule is COC(=O)Nc1ccc(S(=O)(=O)N2CCc3cnc(N)nc3C2)cc1. The van der Waals surface area contributed by atoms with Gasteiger partial charge in [0.2, 0.25) is 16.0 Å². The number of carbonyl (C=O) groups excluding carboxylic acids is 1. The van der Waals surface area contributed by atoms with E-state index in [1.54, 1.807) is 6.20 Å². The van der Waals surface area contributed by atoms with E-state index in [4.69, 9.17) is 5.73 Å². The lowest BCUT2D eigenvalue weighted by molar-refractivity contribution is 0.187. The maximum atomic E-state index is 12.8. The number of ether oxygens (including phenoxy) is 1. The molecule has 3 rings (SSSR count). The lowest BCUT2D eigenvalue weighted by atomic mass is 10.1. The van der Waals surface area contributed by atoms with Gasteiger partial charge in [0, 0.05) is 18.4 Å². The van der Waals surface area contributed by atoms with Gasteiger partial charge in [0.25, 0.3) is 0 Å². The Labute approximate surface area is 144 Å². The first-order valence-electron chi connectivity index (χ1n) is 7.45. The summed E-state index contributed by atoms with van der Waals surface area (Å²) in [5.74, 6) is 0.122. The zero-order valence-corrected chi connectivity index (χ0v) is 14.3. The zero-order valence-electron chi connectivity index (χ0n) is 13.5. The highest BCUT2D eigenvalue weighted by molar-refractivity contribution is 7.89. The van der Waals surface area contributed by atoms with Crippen molar-refractivity contribution < 1.29 is 17.9 Å². The highest BCUT2D eigenvalue weighted by Gasteiger charge is 2.29. The summed E-state index contributed by atoms with van der Waals surface area (Å²) < 4.78 is 31.5. The van der Waals surface area contributed by atoms with Crippen molar-refractivity contribution in [3.05, 3.63) is 41.7 Å². The first-order chi connectivity index (χ1) is 11.9. The van der Waals surface area contributed by atoms with Crippen LogP contribution in [-0.2, 0) is 27.7 Å². The van der Waals surface area contributed by atoms with Gasteiger partial charge in [-0.3, -0.25) is 5.32 Å². The molecule has 2 heterocycles. The van der Waals surface area contributed by atoms with E-state index in [1.807, 2.05) is 0 Å². The van der Waals surface area contributed by atoms with Crippen LogP contribution in [0.3, 0.4) is 0 Å². The fourth-order valence-electron chi connectivity index (χ4n) is 2.53. The van der Waals surface area contributed by atoms with Crippen molar-refractivity contribution in [3.8, 4) is 0 Å². The van der Waals surface area contributed by atoms with Crippen molar-refractivity contribution in [2.24, 2.45) is 0 Å². The van der Waals surface area contributed by atoms with Crippen molar-refractivity contribution >= 4 is 27.8 Å². The summed E-state index contributed by atoms with van der Waals surface area (Å²) in [6.07, 6.45) is 1.53. The van der Waals surface area contributed by atoms with Gasteiger partial charge in [-0.05, 0) is 36.2 Å². The highest BCUT2D eigenvalue weighted by Crippen LogP contribution is 2.24. The monoisotopic (exact) mass is 363 g/mol. The standard InChI is InChI=1S/C15H17N5O4S/c1-24-15(21)18-11-2-4-12(5-3-11)25(22,23)20-7-6-10-8-17-14(16)19-13(10)9-20/h2-5,8H,6-7,9H2,1H3,(H,18,21)(H2,16,17,19). The highest BCUT2D eigenvalue weighted by atomic mass is 32.2. The Kier molecular flexibility index (Phi) is 4.55. The third-order valence-electron chi connectivity index (χ3n) is 3.85. The number of nitrogens with two attached hydrogens (primary N) is 1.